The van der Waals surface area contributed by atoms with Crippen molar-refractivity contribution in [3.8, 4) is 131 Å². The van der Waals surface area contributed by atoms with Crippen molar-refractivity contribution in [2.75, 3.05) is 0 Å². The van der Waals surface area contributed by atoms with Crippen LogP contribution in [0, 0.1) is 119 Å². The third-order valence-corrected chi connectivity index (χ3v) is 14.2. The maximum absolute atomic E-state index is 5.68. The molecule has 398 valence electrons. The van der Waals surface area contributed by atoms with Gasteiger partial charge >= 0.3 is 0 Å². The van der Waals surface area contributed by atoms with Crippen LogP contribution in [0.1, 0.15) is 100 Å². The van der Waals surface area contributed by atoms with Crippen molar-refractivity contribution in [2.45, 2.75) is 0 Å². The maximum Gasteiger partial charge on any atom is 0.0405 e. The average molecular weight is 1100 g/mol. The van der Waals surface area contributed by atoms with E-state index in [1.807, 2.05) is 194 Å². The van der Waals surface area contributed by atoms with Crippen LogP contribution < -0.4 is 0 Å². The summed E-state index contributed by atoms with van der Waals surface area (Å²) in [6, 6.07) is 88.7. The summed E-state index contributed by atoms with van der Waals surface area (Å²) in [5.74, 6) is 59.2. The Bertz CT molecular complexity index is 5070. The summed E-state index contributed by atoms with van der Waals surface area (Å²) < 4.78 is 0. The second kappa shape index (κ2) is 26.8. The van der Waals surface area contributed by atoms with Gasteiger partial charge in [-0.15, -0.1) is 12.8 Å². The van der Waals surface area contributed by atoms with E-state index in [1.165, 1.54) is 0 Å². The van der Waals surface area contributed by atoms with E-state index in [0.717, 1.165) is 133 Å². The van der Waals surface area contributed by atoms with Crippen LogP contribution in [-0.2, 0) is 0 Å². The monoisotopic (exact) mass is 1100 g/mol. The lowest BCUT2D eigenvalue weighted by atomic mass is 9.87. The van der Waals surface area contributed by atoms with Crippen molar-refractivity contribution in [3.63, 3.8) is 0 Å². The summed E-state index contributed by atoms with van der Waals surface area (Å²) in [4.78, 5) is 0. The van der Waals surface area contributed by atoms with Gasteiger partial charge in [0.05, 0.1) is 0 Å². The molecular formula is C88H46. The van der Waals surface area contributed by atoms with Crippen LogP contribution in [0.25, 0.3) is 32.7 Å². The third-order valence-electron chi connectivity index (χ3n) is 14.2. The number of rotatable bonds is 1. The summed E-state index contributed by atoms with van der Waals surface area (Å²) in [5, 5.41) is 4.40. The first-order valence-corrected chi connectivity index (χ1v) is 28.4. The molecule has 0 unspecified atom stereocenters. The number of fused-ring (bicyclic) bond motifs is 2. The van der Waals surface area contributed by atoms with Gasteiger partial charge in [-0.1, -0.05) is 228 Å². The molecule has 0 saturated heterocycles. The highest BCUT2D eigenvalue weighted by atomic mass is 14.2. The molecule has 0 aliphatic rings. The standard InChI is InChI=1S/C88H46/c1-3-77-31-5-7-33-79(77)51-47-73-27-15-23-69(61-73)43-39-65-19-13-21-67(59-65)41-45-71-25-17-29-75(63-71)49-53-83-57-55-81-35-9-11-37-85(81)87(83)88-84(58-56-82-36-10-12-38-86(82)88)54-50-76-30-18-26-72(64-76)46-42-68-22-14-20-66(60-68)40-44-70-24-16-28-74(62-70)48-52-80-34-8-6-32-78(80)4-2/h1-2,5-38,55-64H. The molecule has 0 spiro atoms. The Morgan fingerprint density at radius 3 is 0.648 bits per heavy atom. The van der Waals surface area contributed by atoms with E-state index in [9.17, 15) is 0 Å². The zero-order chi connectivity index (χ0) is 59.7. The van der Waals surface area contributed by atoms with Crippen LogP contribution in [0.5, 0.6) is 0 Å². The third kappa shape index (κ3) is 13.8. The molecular weight excluding hydrogens is 1060 g/mol. The zero-order valence-electron chi connectivity index (χ0n) is 47.6. The molecule has 0 N–H and O–H groups in total. The Kier molecular flexibility index (Phi) is 16.8. The highest BCUT2D eigenvalue weighted by Crippen LogP contribution is 2.39. The van der Waals surface area contributed by atoms with Gasteiger partial charge in [-0.2, -0.15) is 0 Å². The van der Waals surface area contributed by atoms with E-state index in [1.54, 1.807) is 0 Å². The Morgan fingerprint density at radius 2 is 0.386 bits per heavy atom. The lowest BCUT2D eigenvalue weighted by Crippen LogP contribution is -1.93. The second-order valence-corrected chi connectivity index (χ2v) is 20.3. The van der Waals surface area contributed by atoms with Gasteiger partial charge in [0.1, 0.15) is 0 Å². The summed E-state index contributed by atoms with van der Waals surface area (Å²) in [6.07, 6.45) is 11.4. The summed E-state index contributed by atoms with van der Waals surface area (Å²) in [6.45, 7) is 0. The molecule has 0 nitrogen and oxygen atoms in total. The van der Waals surface area contributed by atoms with Gasteiger partial charge in [0.15, 0.2) is 0 Å². The molecule has 0 aromatic heterocycles. The second-order valence-electron chi connectivity index (χ2n) is 20.3. The molecule has 0 bridgehead atoms. The molecule has 12 aromatic rings. The normalized spacial score (nSPS) is 9.75. The summed E-state index contributed by atoms with van der Waals surface area (Å²) in [7, 11) is 0. The quantitative estimate of drug-likeness (QED) is 0.144. The predicted molar refractivity (Wildman–Crippen MR) is 362 cm³/mol. The van der Waals surface area contributed by atoms with Gasteiger partial charge in [-0.05, 0) is 167 Å². The summed E-state index contributed by atoms with van der Waals surface area (Å²) >= 11 is 0. The van der Waals surface area contributed by atoms with E-state index < -0.39 is 0 Å². The van der Waals surface area contributed by atoms with Gasteiger partial charge in [0, 0.05) is 111 Å². The Morgan fingerprint density at radius 1 is 0.170 bits per heavy atom. The fourth-order valence-electron chi connectivity index (χ4n) is 9.91. The van der Waals surface area contributed by atoms with Gasteiger partial charge in [0.25, 0.3) is 0 Å². The topological polar surface area (TPSA) is 0 Å². The molecule has 0 aliphatic heterocycles. The molecule has 88 heavy (non-hydrogen) atoms. The molecule has 0 atom stereocenters. The molecule has 0 aliphatic carbocycles. The van der Waals surface area contributed by atoms with Crippen LogP contribution in [-0.4, -0.2) is 0 Å². The van der Waals surface area contributed by atoms with Crippen molar-refractivity contribution in [1.29, 1.82) is 0 Å². The Balaban J connectivity index is 0.790. The molecule has 0 fully saturated rings. The number of benzene rings is 12. The van der Waals surface area contributed by atoms with Gasteiger partial charge in [-0.3, -0.25) is 0 Å². The molecule has 0 amide bonds. The molecule has 12 rings (SSSR count). The van der Waals surface area contributed by atoms with E-state index >= 15 is 0 Å². The smallest absolute Gasteiger partial charge is 0.0405 e. The Hall–Kier alpha value is -13.2. The van der Waals surface area contributed by atoms with Crippen LogP contribution in [0.3, 0.4) is 0 Å². The van der Waals surface area contributed by atoms with Crippen LogP contribution in [0.4, 0.5) is 0 Å². The van der Waals surface area contributed by atoms with Crippen molar-refractivity contribution >= 4 is 21.5 Å². The van der Waals surface area contributed by atoms with E-state index in [4.69, 9.17) is 12.8 Å². The van der Waals surface area contributed by atoms with Crippen molar-refractivity contribution < 1.29 is 0 Å². The fourth-order valence-corrected chi connectivity index (χ4v) is 9.91. The van der Waals surface area contributed by atoms with Crippen LogP contribution >= 0.6 is 0 Å². The number of hydrogen-bond acceptors (Lipinski definition) is 0. The van der Waals surface area contributed by atoms with E-state index in [2.05, 4.69) is 179 Å². The highest BCUT2D eigenvalue weighted by Gasteiger charge is 2.16. The first-order chi connectivity index (χ1) is 43.5. The van der Waals surface area contributed by atoms with E-state index in [-0.39, 0.29) is 0 Å². The van der Waals surface area contributed by atoms with Crippen molar-refractivity contribution in [1.82, 2.24) is 0 Å². The number of terminal acetylenes is 2. The first kappa shape index (κ1) is 55.3. The maximum atomic E-state index is 5.68. The molecule has 0 heterocycles. The number of hydrogen-bond donors (Lipinski definition) is 0. The van der Waals surface area contributed by atoms with Crippen molar-refractivity contribution in [2.24, 2.45) is 0 Å². The lowest BCUT2D eigenvalue weighted by molar-refractivity contribution is 1.56. The summed E-state index contributed by atoms with van der Waals surface area (Å²) in [5.41, 5.74) is 17.3. The average Bonchev–Trinajstić information content (AvgIpc) is 1.38. The highest BCUT2D eigenvalue weighted by molar-refractivity contribution is 6.09. The molecule has 0 heteroatoms. The molecule has 0 radical (unpaired) electrons. The van der Waals surface area contributed by atoms with Crippen LogP contribution in [0.2, 0.25) is 0 Å². The van der Waals surface area contributed by atoms with Crippen molar-refractivity contribution in [3.05, 3.63) is 367 Å². The van der Waals surface area contributed by atoms with E-state index in [0.29, 0.717) is 0 Å². The largest absolute Gasteiger partial charge is 0.115 e. The molecule has 12 aromatic carbocycles. The molecule has 0 saturated carbocycles. The van der Waals surface area contributed by atoms with Gasteiger partial charge in [-0.25, -0.2) is 0 Å². The zero-order valence-corrected chi connectivity index (χ0v) is 47.6. The fraction of sp³-hybridized carbons (Fsp3) is 0. The first-order valence-electron chi connectivity index (χ1n) is 28.4. The minimum Gasteiger partial charge on any atom is -0.115 e. The van der Waals surface area contributed by atoms with Gasteiger partial charge in [0.2, 0.25) is 0 Å². The minimum atomic E-state index is 0.773. The lowest BCUT2D eigenvalue weighted by Gasteiger charge is -2.15. The van der Waals surface area contributed by atoms with Crippen LogP contribution in [0.15, 0.2) is 267 Å². The van der Waals surface area contributed by atoms with Gasteiger partial charge < -0.3 is 0 Å². The predicted octanol–water partition coefficient (Wildman–Crippen LogP) is 16.8. The SMILES string of the molecule is C#Cc1ccccc1C#Cc1cccc(C#Cc2cccc(C#Cc3cccc(C#Cc4ccc5ccccc5c4-c4c(C#Cc5cccc(C#Cc6cccc(C#Cc7cccc(C#Cc8ccccc8C#C)c7)c6)c5)ccc5ccccc45)c3)c2)c1. The Labute approximate surface area is 516 Å². The minimum absolute atomic E-state index is 0.773.